The van der Waals surface area contributed by atoms with Crippen molar-refractivity contribution in [1.82, 2.24) is 0 Å². The molecule has 0 saturated heterocycles. The molecule has 100 valence electrons. The Bertz CT molecular complexity index is 419. The Labute approximate surface area is 112 Å². The van der Waals surface area contributed by atoms with Gasteiger partial charge in [0.1, 0.15) is 0 Å². The molecule has 2 N–H and O–H groups in total. The molecule has 0 aromatic heterocycles. The van der Waals surface area contributed by atoms with Crippen LogP contribution in [0.15, 0.2) is 0 Å². The van der Waals surface area contributed by atoms with E-state index in [4.69, 9.17) is 28.3 Å². The van der Waals surface area contributed by atoms with E-state index in [-0.39, 0.29) is 0 Å². The van der Waals surface area contributed by atoms with Crippen LogP contribution in [0, 0.1) is 22.7 Å². The molecule has 1 aliphatic rings. The largest absolute Gasteiger partial charge is 0.481 e. The zero-order valence-corrected chi connectivity index (χ0v) is 10.9. The lowest BCUT2D eigenvalue weighted by Gasteiger charge is -2.59. The normalized spacial score (nSPS) is 38.7. The highest BCUT2D eigenvalue weighted by Crippen LogP contribution is 2.66. The van der Waals surface area contributed by atoms with Crippen LogP contribution < -0.4 is 0 Å². The molecule has 0 bridgehead atoms. The minimum absolute atomic E-state index is 1.10. The molecule has 0 amide bonds. The molecule has 1 fully saturated rings. The molecule has 1 aliphatic carbocycles. The average molecular weight is 297 g/mol. The molecule has 4 atom stereocenters. The maximum Gasteiger partial charge on any atom is 0.311 e. The molecule has 0 aliphatic heterocycles. The molecule has 6 nitrogen and oxygen atoms in total. The van der Waals surface area contributed by atoms with Crippen LogP contribution in [0.5, 0.6) is 0 Å². The summed E-state index contributed by atoms with van der Waals surface area (Å²) in [6.45, 7) is 2.21. The van der Waals surface area contributed by atoms with Gasteiger partial charge in [-0.1, -0.05) is 0 Å². The van der Waals surface area contributed by atoms with Crippen LogP contribution in [-0.2, 0) is 19.2 Å². The third-order valence-electron chi connectivity index (χ3n) is 4.02. The highest BCUT2D eigenvalue weighted by atomic mass is 35.5. The van der Waals surface area contributed by atoms with E-state index < -0.39 is 45.1 Å². The first kappa shape index (κ1) is 14.9. The van der Waals surface area contributed by atoms with E-state index >= 15 is 0 Å². The summed E-state index contributed by atoms with van der Waals surface area (Å²) in [6, 6.07) is 0. The van der Waals surface area contributed by atoms with E-state index in [1.54, 1.807) is 0 Å². The lowest BCUT2D eigenvalue weighted by molar-refractivity contribution is -0.213. The van der Waals surface area contributed by atoms with Gasteiger partial charge in [-0.3, -0.25) is 19.2 Å². The van der Waals surface area contributed by atoms with Crippen LogP contribution in [0.3, 0.4) is 0 Å². The molecule has 1 saturated carbocycles. The maximum absolute atomic E-state index is 11.4. The highest BCUT2D eigenvalue weighted by Gasteiger charge is 2.78. The SMILES string of the molecule is CC1(C(=O)O)C(C(=O)Cl)C(C(=O)O)C1(C)C(=O)Cl. The van der Waals surface area contributed by atoms with E-state index in [1.165, 1.54) is 0 Å². The van der Waals surface area contributed by atoms with Crippen LogP contribution in [0.2, 0.25) is 0 Å². The lowest BCUT2D eigenvalue weighted by atomic mass is 9.39. The second-order valence-electron chi connectivity index (χ2n) is 4.58. The van der Waals surface area contributed by atoms with E-state index in [2.05, 4.69) is 0 Å². The molecule has 1 rings (SSSR count). The van der Waals surface area contributed by atoms with E-state index in [1.807, 2.05) is 0 Å². The number of hydrogen-bond acceptors (Lipinski definition) is 4. The summed E-state index contributed by atoms with van der Waals surface area (Å²) in [5.41, 5.74) is -3.82. The summed E-state index contributed by atoms with van der Waals surface area (Å²) in [5, 5.41) is 16.0. The first-order chi connectivity index (χ1) is 8.02. The molecule has 18 heavy (non-hydrogen) atoms. The quantitative estimate of drug-likeness (QED) is 0.748. The predicted molar refractivity (Wildman–Crippen MR) is 60.2 cm³/mol. The molecule has 0 heterocycles. The van der Waals surface area contributed by atoms with Crippen molar-refractivity contribution in [2.45, 2.75) is 13.8 Å². The third kappa shape index (κ3) is 1.48. The summed E-state index contributed by atoms with van der Waals surface area (Å²) >= 11 is 10.6. The standard InChI is InChI=1S/C10H10Cl2O6/c1-9(7(12)16)4(6(14)15)3(5(11)13)10(9,2)8(17)18/h3-4H,1-2H3,(H,14,15)(H,17,18). The van der Waals surface area contributed by atoms with Crippen molar-refractivity contribution in [2.24, 2.45) is 22.7 Å². The Morgan fingerprint density at radius 3 is 1.61 bits per heavy atom. The molecule has 0 spiro atoms. The summed E-state index contributed by atoms with van der Waals surface area (Å²) in [6.07, 6.45) is 0. The van der Waals surface area contributed by atoms with Gasteiger partial charge in [-0.05, 0) is 37.0 Å². The van der Waals surface area contributed by atoms with Gasteiger partial charge in [0.05, 0.1) is 22.7 Å². The first-order valence-electron chi connectivity index (χ1n) is 4.88. The number of carboxylic acids is 2. The van der Waals surface area contributed by atoms with Gasteiger partial charge in [-0.15, -0.1) is 0 Å². The molecule has 8 heteroatoms. The number of carbonyl (C=O) groups excluding carboxylic acids is 2. The molecule has 4 unspecified atom stereocenters. The number of aliphatic carboxylic acids is 2. The Balaban J connectivity index is 3.48. The first-order valence-corrected chi connectivity index (χ1v) is 5.64. The highest BCUT2D eigenvalue weighted by molar-refractivity contribution is 6.67. The second-order valence-corrected chi connectivity index (χ2v) is 5.30. The van der Waals surface area contributed by atoms with Crippen molar-refractivity contribution in [2.75, 3.05) is 0 Å². The fourth-order valence-corrected chi connectivity index (χ4v) is 3.30. The van der Waals surface area contributed by atoms with Gasteiger partial charge in [-0.2, -0.15) is 0 Å². The van der Waals surface area contributed by atoms with Crippen molar-refractivity contribution in [3.8, 4) is 0 Å². The summed E-state index contributed by atoms with van der Waals surface area (Å²) in [7, 11) is 0. The minimum Gasteiger partial charge on any atom is -0.481 e. The van der Waals surface area contributed by atoms with Crippen LogP contribution in [-0.4, -0.2) is 32.6 Å². The van der Waals surface area contributed by atoms with Gasteiger partial charge in [0.25, 0.3) is 0 Å². The number of halogens is 2. The fraction of sp³-hybridized carbons (Fsp3) is 0.600. The Morgan fingerprint density at radius 2 is 1.39 bits per heavy atom. The lowest BCUT2D eigenvalue weighted by Crippen LogP contribution is -2.72. The summed E-state index contributed by atoms with van der Waals surface area (Å²) in [4.78, 5) is 45.1. The molecule has 0 radical (unpaired) electrons. The Kier molecular flexibility index (Phi) is 3.49. The van der Waals surface area contributed by atoms with Crippen LogP contribution in [0.25, 0.3) is 0 Å². The van der Waals surface area contributed by atoms with Gasteiger partial charge in [0.15, 0.2) is 0 Å². The average Bonchev–Trinajstić information content (AvgIpc) is 2.21. The van der Waals surface area contributed by atoms with Crippen molar-refractivity contribution in [1.29, 1.82) is 0 Å². The zero-order valence-electron chi connectivity index (χ0n) is 9.44. The predicted octanol–water partition coefficient (Wildman–Crippen LogP) is 0.945. The molecular weight excluding hydrogens is 287 g/mol. The number of hydrogen-bond donors (Lipinski definition) is 2. The summed E-state index contributed by atoms with van der Waals surface area (Å²) in [5.74, 6) is -6.02. The van der Waals surface area contributed by atoms with Gasteiger partial charge in [0, 0.05) is 0 Å². The topological polar surface area (TPSA) is 109 Å². The Hall–Kier alpha value is -1.14. The van der Waals surface area contributed by atoms with Crippen LogP contribution in [0.1, 0.15) is 13.8 Å². The fourth-order valence-electron chi connectivity index (χ4n) is 2.65. The van der Waals surface area contributed by atoms with Crippen molar-refractivity contribution >= 4 is 45.6 Å². The van der Waals surface area contributed by atoms with Gasteiger partial charge in [0.2, 0.25) is 10.5 Å². The monoisotopic (exact) mass is 296 g/mol. The van der Waals surface area contributed by atoms with Gasteiger partial charge >= 0.3 is 11.9 Å². The van der Waals surface area contributed by atoms with E-state index in [9.17, 15) is 24.3 Å². The minimum atomic E-state index is -1.94. The second kappa shape index (κ2) is 4.20. The molecule has 0 aromatic carbocycles. The molecular formula is C10H10Cl2O6. The van der Waals surface area contributed by atoms with E-state index in [0.29, 0.717) is 0 Å². The summed E-state index contributed by atoms with van der Waals surface area (Å²) < 4.78 is 0. The number of rotatable bonds is 4. The van der Waals surface area contributed by atoms with Crippen molar-refractivity contribution < 1.29 is 29.4 Å². The molecule has 0 aromatic rings. The number of carbonyl (C=O) groups is 4. The smallest absolute Gasteiger partial charge is 0.311 e. The maximum atomic E-state index is 11.4. The van der Waals surface area contributed by atoms with E-state index in [0.717, 1.165) is 13.8 Å². The Morgan fingerprint density at radius 1 is 0.944 bits per heavy atom. The zero-order chi connectivity index (χ0) is 14.5. The van der Waals surface area contributed by atoms with Gasteiger partial charge < -0.3 is 10.2 Å². The van der Waals surface area contributed by atoms with Crippen LogP contribution in [0.4, 0.5) is 0 Å². The number of carboxylic acid groups (broad SMARTS) is 2. The van der Waals surface area contributed by atoms with Crippen molar-refractivity contribution in [3.63, 3.8) is 0 Å². The van der Waals surface area contributed by atoms with Gasteiger partial charge in [-0.25, -0.2) is 0 Å². The van der Waals surface area contributed by atoms with Crippen molar-refractivity contribution in [3.05, 3.63) is 0 Å². The third-order valence-corrected chi connectivity index (χ3v) is 4.65. The van der Waals surface area contributed by atoms with Crippen LogP contribution >= 0.6 is 23.2 Å².